The Hall–Kier alpha value is -3.42. The van der Waals surface area contributed by atoms with Crippen LogP contribution in [0.2, 0.25) is 10.0 Å². The summed E-state index contributed by atoms with van der Waals surface area (Å²) in [5, 5.41) is 14.6. The van der Waals surface area contributed by atoms with Gasteiger partial charge >= 0.3 is 12.0 Å². The van der Waals surface area contributed by atoms with Crippen molar-refractivity contribution in [1.29, 1.82) is 5.26 Å². The number of carbonyl (C=O) groups is 3. The molecule has 1 spiro atoms. The number of ether oxygens (including phenoxy) is 1. The van der Waals surface area contributed by atoms with E-state index in [1.165, 1.54) is 36.6 Å². The maximum atomic E-state index is 14.1. The zero-order valence-electron chi connectivity index (χ0n) is 20.4. The summed E-state index contributed by atoms with van der Waals surface area (Å²) in [7, 11) is 1.34. The normalized spacial score (nSPS) is 22.0. The zero-order valence-corrected chi connectivity index (χ0v) is 22.7. The second-order valence-electron chi connectivity index (χ2n) is 9.29. The Morgan fingerprint density at radius 3 is 2.50 bits per heavy atom. The predicted molar refractivity (Wildman–Crippen MR) is 145 cm³/mol. The fraction of sp³-hybridized carbons (Fsp3) is 0.259. The number of rotatable bonds is 5. The van der Waals surface area contributed by atoms with Gasteiger partial charge in [-0.05, 0) is 48.9 Å². The third kappa shape index (κ3) is 4.44. The first-order valence-corrected chi connectivity index (χ1v) is 13.3. The molecule has 1 aromatic heterocycles. The van der Waals surface area contributed by atoms with E-state index in [0.29, 0.717) is 27.7 Å². The van der Waals surface area contributed by atoms with Crippen LogP contribution in [0.25, 0.3) is 0 Å². The van der Waals surface area contributed by atoms with Gasteiger partial charge in [-0.15, -0.1) is 11.3 Å². The fourth-order valence-electron chi connectivity index (χ4n) is 5.18. The Morgan fingerprint density at radius 1 is 1.18 bits per heavy atom. The second kappa shape index (κ2) is 10.0. The van der Waals surface area contributed by atoms with Crippen LogP contribution in [0.1, 0.15) is 45.2 Å². The first-order valence-electron chi connectivity index (χ1n) is 11.7. The number of hydrogen-bond donors (Lipinski definition) is 1. The molecule has 0 aliphatic carbocycles. The van der Waals surface area contributed by atoms with Gasteiger partial charge in [0.15, 0.2) is 0 Å². The van der Waals surface area contributed by atoms with Gasteiger partial charge in [-0.1, -0.05) is 35.3 Å². The molecular weight excluding hydrogens is 547 g/mol. The summed E-state index contributed by atoms with van der Waals surface area (Å²) in [5.41, 5.74) is 0.798. The van der Waals surface area contributed by atoms with Gasteiger partial charge in [-0.3, -0.25) is 9.69 Å². The van der Waals surface area contributed by atoms with Crippen molar-refractivity contribution < 1.29 is 19.1 Å². The number of likely N-dealkylation sites (tertiary alicyclic amines) is 1. The molecule has 3 aromatic rings. The topological polar surface area (TPSA) is 103 Å². The van der Waals surface area contributed by atoms with Crippen LogP contribution in [0, 0.1) is 11.3 Å². The van der Waals surface area contributed by atoms with Crippen molar-refractivity contribution in [3.63, 3.8) is 0 Å². The molecule has 8 nitrogen and oxygen atoms in total. The number of nitriles is 1. The molecule has 11 heteroatoms. The monoisotopic (exact) mass is 568 g/mol. The number of carbonyl (C=O) groups excluding carboxylic acids is 3. The van der Waals surface area contributed by atoms with E-state index in [0.717, 1.165) is 15.3 Å². The molecule has 2 saturated heterocycles. The number of imide groups is 1. The summed E-state index contributed by atoms with van der Waals surface area (Å²) >= 11 is 13.8. The molecule has 1 N–H and O–H groups in total. The summed E-state index contributed by atoms with van der Waals surface area (Å²) in [6, 6.07) is 14.8. The highest BCUT2D eigenvalue weighted by atomic mass is 35.5. The lowest BCUT2D eigenvalue weighted by Crippen LogP contribution is -2.53. The average molecular weight is 569 g/mol. The van der Waals surface area contributed by atoms with Crippen molar-refractivity contribution in [2.24, 2.45) is 0 Å². The molecule has 2 aromatic carbocycles. The molecule has 0 bridgehead atoms. The third-order valence-electron chi connectivity index (χ3n) is 7.13. The highest BCUT2D eigenvalue weighted by Gasteiger charge is 2.61. The van der Waals surface area contributed by atoms with Crippen LogP contribution < -0.4 is 10.2 Å². The van der Waals surface area contributed by atoms with Gasteiger partial charge in [0.05, 0.1) is 30.0 Å². The van der Waals surface area contributed by atoms with Crippen LogP contribution in [0.15, 0.2) is 53.9 Å². The van der Waals surface area contributed by atoms with Crippen molar-refractivity contribution >= 4 is 58.1 Å². The van der Waals surface area contributed by atoms with E-state index < -0.39 is 29.4 Å². The summed E-state index contributed by atoms with van der Waals surface area (Å²) in [5.74, 6) is -1.23. The van der Waals surface area contributed by atoms with Crippen molar-refractivity contribution in [1.82, 2.24) is 10.2 Å². The summed E-state index contributed by atoms with van der Waals surface area (Å²) in [6.07, 6.45) is 0. The number of esters is 1. The Bertz CT molecular complexity index is 1460. The Labute approximate surface area is 233 Å². The summed E-state index contributed by atoms with van der Waals surface area (Å²) in [6.45, 7) is 2.69. The molecule has 2 aliphatic rings. The van der Waals surface area contributed by atoms with Crippen molar-refractivity contribution in [2.45, 2.75) is 24.4 Å². The number of nitrogens with zero attached hydrogens (tertiary/aromatic N) is 3. The molecule has 5 rings (SSSR count). The molecule has 0 radical (unpaired) electrons. The lowest BCUT2D eigenvalue weighted by molar-refractivity contribution is -0.122. The highest BCUT2D eigenvalue weighted by molar-refractivity contribution is 7.10. The van der Waals surface area contributed by atoms with E-state index in [4.69, 9.17) is 27.9 Å². The van der Waals surface area contributed by atoms with Gasteiger partial charge in [0.1, 0.15) is 5.54 Å². The Balaban J connectivity index is 1.54. The van der Waals surface area contributed by atoms with Gasteiger partial charge < -0.3 is 10.1 Å². The smallest absolute Gasteiger partial charge is 0.338 e. The molecular formula is C27H22Cl2N4O4S. The van der Waals surface area contributed by atoms with Crippen molar-refractivity contribution in [3.05, 3.63) is 85.5 Å². The van der Waals surface area contributed by atoms with Gasteiger partial charge in [0.2, 0.25) is 0 Å². The molecule has 3 heterocycles. The number of anilines is 1. The Kier molecular flexibility index (Phi) is 6.92. The quantitative estimate of drug-likeness (QED) is 0.328. The number of hydrogen-bond acceptors (Lipinski definition) is 7. The minimum absolute atomic E-state index is 0.155. The van der Waals surface area contributed by atoms with E-state index in [2.05, 4.69) is 16.3 Å². The maximum Gasteiger partial charge on any atom is 0.338 e. The molecule has 3 amide bonds. The maximum absolute atomic E-state index is 14.1. The zero-order chi connectivity index (χ0) is 27.2. The van der Waals surface area contributed by atoms with Crippen LogP contribution >= 0.6 is 34.5 Å². The van der Waals surface area contributed by atoms with E-state index >= 15 is 0 Å². The van der Waals surface area contributed by atoms with Crippen molar-refractivity contribution in [2.75, 3.05) is 25.1 Å². The Morgan fingerprint density at radius 2 is 1.87 bits per heavy atom. The molecule has 3 atom stereocenters. The number of amides is 3. The average Bonchev–Trinajstić information content (AvgIpc) is 3.59. The van der Waals surface area contributed by atoms with Gasteiger partial charge in [0, 0.05) is 45.4 Å². The number of nitrogens with one attached hydrogen (secondary N) is 1. The van der Waals surface area contributed by atoms with Gasteiger partial charge in [0.25, 0.3) is 5.91 Å². The number of urea groups is 1. The largest absolute Gasteiger partial charge is 0.465 e. The summed E-state index contributed by atoms with van der Waals surface area (Å²) < 4.78 is 4.84. The molecule has 194 valence electrons. The number of thiophene rings is 1. The fourth-order valence-corrected chi connectivity index (χ4v) is 6.66. The van der Waals surface area contributed by atoms with Crippen LogP contribution in [-0.2, 0) is 9.53 Å². The molecule has 2 fully saturated rings. The van der Waals surface area contributed by atoms with E-state index in [1.807, 2.05) is 19.1 Å². The van der Waals surface area contributed by atoms with Crippen LogP contribution in [0.3, 0.4) is 0 Å². The van der Waals surface area contributed by atoms with E-state index in [-0.39, 0.29) is 18.3 Å². The van der Waals surface area contributed by atoms with Gasteiger partial charge in [-0.25, -0.2) is 14.5 Å². The number of halogens is 2. The first kappa shape index (κ1) is 26.2. The lowest BCUT2D eigenvalue weighted by atomic mass is 9.81. The second-order valence-corrected chi connectivity index (χ2v) is 11.1. The lowest BCUT2D eigenvalue weighted by Gasteiger charge is -2.28. The SMILES string of the molecule is COC(=O)c1csc(C(C)N2C[C@@H](c3ccc(C#N)cc3)[C@@]3(C2)NC(=O)N(c2cc(Cl)cc(Cl)c2)C3=O)c1. The van der Waals surface area contributed by atoms with Crippen LogP contribution in [0.4, 0.5) is 10.5 Å². The minimum atomic E-state index is -1.27. The number of methoxy groups -OCH3 is 1. The van der Waals surface area contributed by atoms with Crippen LogP contribution in [0.5, 0.6) is 0 Å². The molecule has 38 heavy (non-hydrogen) atoms. The van der Waals surface area contributed by atoms with Crippen molar-refractivity contribution in [3.8, 4) is 6.07 Å². The third-order valence-corrected chi connectivity index (χ3v) is 8.67. The first-order chi connectivity index (χ1) is 18.2. The standard InChI is InChI=1S/C27H22Cl2N4O4S/c1-15(23-7-18(13-38-23)24(34)37-2)32-12-22(17-5-3-16(11-30)4-6-17)27(14-32)25(35)33(26(36)31-27)21-9-19(28)8-20(29)10-21/h3-10,13,15,22H,12,14H2,1-2H3,(H,31,36)/t15?,22-,27+/m0/s1. The van der Waals surface area contributed by atoms with E-state index in [9.17, 15) is 19.6 Å². The van der Waals surface area contributed by atoms with Gasteiger partial charge in [-0.2, -0.15) is 5.26 Å². The molecule has 0 saturated carbocycles. The molecule has 1 unspecified atom stereocenters. The minimum Gasteiger partial charge on any atom is -0.465 e. The molecule has 2 aliphatic heterocycles. The highest BCUT2D eigenvalue weighted by Crippen LogP contribution is 2.45. The van der Waals surface area contributed by atoms with Crippen LogP contribution in [-0.4, -0.2) is 48.5 Å². The van der Waals surface area contributed by atoms with E-state index in [1.54, 1.807) is 23.6 Å². The number of benzene rings is 2. The summed E-state index contributed by atoms with van der Waals surface area (Å²) in [4.78, 5) is 43.5. The predicted octanol–water partition coefficient (Wildman–Crippen LogP) is 5.37.